The van der Waals surface area contributed by atoms with Crippen molar-refractivity contribution >= 4 is 11.6 Å². The lowest BCUT2D eigenvalue weighted by molar-refractivity contribution is 0.118. The largest absolute Gasteiger partial charge is 0.388 e. The van der Waals surface area contributed by atoms with Crippen LogP contribution in [0.25, 0.3) is 0 Å². The molecule has 0 aliphatic heterocycles. The Morgan fingerprint density at radius 2 is 2.20 bits per heavy atom. The molecule has 1 aromatic carbocycles. The number of aryl methyl sites for hydroxylation is 1. The van der Waals surface area contributed by atoms with E-state index in [2.05, 4.69) is 0 Å². The minimum Gasteiger partial charge on any atom is -0.388 e. The Bertz CT molecular complexity index is 344. The van der Waals surface area contributed by atoms with Crippen LogP contribution in [0.4, 0.5) is 0 Å². The summed E-state index contributed by atoms with van der Waals surface area (Å²) in [5, 5.41) is 10.8. The molecule has 0 aromatic heterocycles. The van der Waals surface area contributed by atoms with Crippen molar-refractivity contribution in [3.8, 4) is 0 Å². The Labute approximate surface area is 96.1 Å². The molecule has 1 saturated carbocycles. The first-order valence-electron chi connectivity index (χ1n) is 5.61. The molecule has 1 aliphatic rings. The molecule has 0 radical (unpaired) electrons. The number of halogens is 1. The maximum absolute atomic E-state index is 10.0. The fraction of sp³-hybridized carbons (Fsp3) is 0.538. The van der Waals surface area contributed by atoms with Crippen molar-refractivity contribution in [3.63, 3.8) is 0 Å². The molecule has 1 aromatic rings. The summed E-state index contributed by atoms with van der Waals surface area (Å²) in [4.78, 5) is 0. The highest BCUT2D eigenvalue weighted by molar-refractivity contribution is 6.31. The SMILES string of the molecule is Cc1ccc(C(O)CC2CCC2)cc1Cl. The van der Waals surface area contributed by atoms with Crippen LogP contribution in [0, 0.1) is 12.8 Å². The van der Waals surface area contributed by atoms with Crippen molar-refractivity contribution in [1.29, 1.82) is 0 Å². The van der Waals surface area contributed by atoms with Crippen molar-refractivity contribution in [1.82, 2.24) is 0 Å². The van der Waals surface area contributed by atoms with Crippen LogP contribution in [-0.2, 0) is 0 Å². The molecular formula is C13H17ClO. The van der Waals surface area contributed by atoms with Gasteiger partial charge in [0.1, 0.15) is 0 Å². The van der Waals surface area contributed by atoms with Gasteiger partial charge in [0.15, 0.2) is 0 Å². The zero-order valence-corrected chi connectivity index (χ0v) is 9.80. The van der Waals surface area contributed by atoms with Gasteiger partial charge in [0.25, 0.3) is 0 Å². The van der Waals surface area contributed by atoms with Gasteiger partial charge in [-0.3, -0.25) is 0 Å². The third-order valence-electron chi connectivity index (χ3n) is 3.36. The molecule has 15 heavy (non-hydrogen) atoms. The lowest BCUT2D eigenvalue weighted by Crippen LogP contribution is -2.14. The van der Waals surface area contributed by atoms with Gasteiger partial charge in [-0.05, 0) is 36.5 Å². The molecule has 1 unspecified atom stereocenters. The summed E-state index contributed by atoms with van der Waals surface area (Å²) < 4.78 is 0. The Kier molecular flexibility index (Phi) is 3.32. The van der Waals surface area contributed by atoms with E-state index in [0.717, 1.165) is 28.5 Å². The van der Waals surface area contributed by atoms with Gasteiger partial charge in [-0.2, -0.15) is 0 Å². The summed E-state index contributed by atoms with van der Waals surface area (Å²) in [5.41, 5.74) is 2.02. The van der Waals surface area contributed by atoms with E-state index in [0.29, 0.717) is 0 Å². The first-order valence-corrected chi connectivity index (χ1v) is 5.98. The first-order chi connectivity index (χ1) is 7.16. The molecule has 0 saturated heterocycles. The average molecular weight is 225 g/mol. The molecule has 1 fully saturated rings. The van der Waals surface area contributed by atoms with E-state index in [1.807, 2.05) is 25.1 Å². The highest BCUT2D eigenvalue weighted by Crippen LogP contribution is 2.35. The van der Waals surface area contributed by atoms with Crippen molar-refractivity contribution in [2.75, 3.05) is 0 Å². The summed E-state index contributed by atoms with van der Waals surface area (Å²) in [6, 6.07) is 5.84. The molecular weight excluding hydrogens is 208 g/mol. The molecule has 82 valence electrons. The topological polar surface area (TPSA) is 20.2 Å². The van der Waals surface area contributed by atoms with E-state index in [4.69, 9.17) is 11.6 Å². The zero-order valence-electron chi connectivity index (χ0n) is 9.04. The Morgan fingerprint density at radius 3 is 2.73 bits per heavy atom. The number of aliphatic hydroxyl groups is 1. The molecule has 0 heterocycles. The Hall–Kier alpha value is -0.530. The molecule has 1 nitrogen and oxygen atoms in total. The van der Waals surface area contributed by atoms with E-state index >= 15 is 0 Å². The quantitative estimate of drug-likeness (QED) is 0.827. The number of aliphatic hydroxyl groups excluding tert-OH is 1. The van der Waals surface area contributed by atoms with Gasteiger partial charge in [0, 0.05) is 5.02 Å². The van der Waals surface area contributed by atoms with Crippen molar-refractivity contribution in [3.05, 3.63) is 34.3 Å². The molecule has 0 spiro atoms. The second-order valence-corrected chi connectivity index (χ2v) is 4.96. The van der Waals surface area contributed by atoms with Crippen LogP contribution in [0.15, 0.2) is 18.2 Å². The van der Waals surface area contributed by atoms with Crippen LogP contribution in [0.5, 0.6) is 0 Å². The second-order valence-electron chi connectivity index (χ2n) is 4.56. The van der Waals surface area contributed by atoms with Crippen LogP contribution in [0.1, 0.15) is 42.9 Å². The Morgan fingerprint density at radius 1 is 1.47 bits per heavy atom. The maximum Gasteiger partial charge on any atom is 0.0793 e. The van der Waals surface area contributed by atoms with Gasteiger partial charge >= 0.3 is 0 Å². The predicted octanol–water partition coefficient (Wildman–Crippen LogP) is 3.87. The van der Waals surface area contributed by atoms with Crippen LogP contribution >= 0.6 is 11.6 Å². The van der Waals surface area contributed by atoms with E-state index in [1.165, 1.54) is 19.3 Å². The van der Waals surface area contributed by atoms with Gasteiger partial charge in [-0.25, -0.2) is 0 Å². The number of hydrogen-bond donors (Lipinski definition) is 1. The van der Waals surface area contributed by atoms with Crippen LogP contribution in [-0.4, -0.2) is 5.11 Å². The zero-order chi connectivity index (χ0) is 10.8. The fourth-order valence-electron chi connectivity index (χ4n) is 2.00. The van der Waals surface area contributed by atoms with Crippen LogP contribution in [0.3, 0.4) is 0 Å². The van der Waals surface area contributed by atoms with E-state index in [1.54, 1.807) is 0 Å². The fourth-order valence-corrected chi connectivity index (χ4v) is 2.19. The summed E-state index contributed by atoms with van der Waals surface area (Å²) in [7, 11) is 0. The van der Waals surface area contributed by atoms with Crippen molar-refractivity contribution in [2.45, 2.75) is 38.7 Å². The third-order valence-corrected chi connectivity index (χ3v) is 3.77. The third kappa shape index (κ3) is 2.53. The summed E-state index contributed by atoms with van der Waals surface area (Å²) in [6.45, 7) is 1.98. The highest BCUT2D eigenvalue weighted by Gasteiger charge is 2.21. The minimum absolute atomic E-state index is 0.339. The van der Waals surface area contributed by atoms with Gasteiger partial charge in [0.05, 0.1) is 6.10 Å². The molecule has 1 atom stereocenters. The monoisotopic (exact) mass is 224 g/mol. The molecule has 2 rings (SSSR count). The second kappa shape index (κ2) is 4.54. The van der Waals surface area contributed by atoms with Crippen LogP contribution < -0.4 is 0 Å². The molecule has 1 aliphatic carbocycles. The summed E-state index contributed by atoms with van der Waals surface area (Å²) in [5.74, 6) is 0.722. The lowest BCUT2D eigenvalue weighted by atomic mass is 9.80. The van der Waals surface area contributed by atoms with Gasteiger partial charge in [-0.15, -0.1) is 0 Å². The maximum atomic E-state index is 10.0. The number of hydrogen-bond acceptors (Lipinski definition) is 1. The molecule has 1 N–H and O–H groups in total. The number of rotatable bonds is 3. The van der Waals surface area contributed by atoms with E-state index in [9.17, 15) is 5.11 Å². The Balaban J connectivity index is 2.03. The van der Waals surface area contributed by atoms with Crippen molar-refractivity contribution in [2.24, 2.45) is 5.92 Å². The van der Waals surface area contributed by atoms with E-state index in [-0.39, 0.29) is 6.10 Å². The normalized spacial score (nSPS) is 18.6. The van der Waals surface area contributed by atoms with Gasteiger partial charge in [0.2, 0.25) is 0 Å². The van der Waals surface area contributed by atoms with E-state index < -0.39 is 0 Å². The highest BCUT2D eigenvalue weighted by atomic mass is 35.5. The molecule has 0 amide bonds. The summed E-state index contributed by atoms with van der Waals surface area (Å²) >= 11 is 6.03. The number of benzene rings is 1. The smallest absolute Gasteiger partial charge is 0.0793 e. The first kappa shape index (κ1) is 11.0. The minimum atomic E-state index is -0.339. The van der Waals surface area contributed by atoms with Gasteiger partial charge < -0.3 is 5.11 Å². The molecule has 2 heteroatoms. The standard InChI is InChI=1S/C13H17ClO/c1-9-5-6-11(8-12(9)14)13(15)7-10-3-2-4-10/h5-6,8,10,13,15H,2-4,7H2,1H3. The lowest BCUT2D eigenvalue weighted by Gasteiger charge is -2.27. The predicted molar refractivity (Wildman–Crippen MR) is 63.1 cm³/mol. The average Bonchev–Trinajstić information content (AvgIpc) is 2.15. The summed E-state index contributed by atoms with van der Waals surface area (Å²) in [6.07, 6.45) is 4.42. The van der Waals surface area contributed by atoms with Crippen LogP contribution in [0.2, 0.25) is 5.02 Å². The van der Waals surface area contributed by atoms with Gasteiger partial charge in [-0.1, -0.05) is 43.0 Å². The van der Waals surface area contributed by atoms with Crippen molar-refractivity contribution < 1.29 is 5.11 Å². The molecule has 0 bridgehead atoms.